The predicted molar refractivity (Wildman–Crippen MR) is 141 cm³/mol. The molecule has 0 saturated carbocycles. The van der Waals surface area contributed by atoms with Gasteiger partial charge < -0.3 is 4.90 Å². The monoisotopic (exact) mass is 446 g/mol. The van der Waals surface area contributed by atoms with E-state index < -0.39 is 7.80 Å². The molecule has 5 aromatic carbocycles. The van der Waals surface area contributed by atoms with Crippen LogP contribution in [0.15, 0.2) is 152 Å². The fourth-order valence-corrected chi connectivity index (χ4v) is 4.64. The quantitative estimate of drug-likeness (QED) is 0.259. The first-order valence-corrected chi connectivity index (χ1v) is 12.1. The first kappa shape index (κ1) is 22.2. The Morgan fingerprint density at radius 3 is 0.879 bits per heavy atom. The maximum Gasteiger partial charge on any atom is 0.415 e. The zero-order valence-electron chi connectivity index (χ0n) is 18.2. The van der Waals surface area contributed by atoms with E-state index in [1.165, 1.54) is 17.1 Å². The lowest BCUT2D eigenvalue weighted by Crippen LogP contribution is -2.09. The fourth-order valence-electron chi connectivity index (χ4n) is 3.45. The molecular weight excluding hydrogens is 421 g/mol. The Morgan fingerprint density at radius 2 is 0.606 bits per heavy atom. The molecule has 0 radical (unpaired) electrons. The molecule has 0 spiro atoms. The van der Waals surface area contributed by atoms with Gasteiger partial charge in [0.1, 0.15) is 0 Å². The summed E-state index contributed by atoms with van der Waals surface area (Å²) in [6.45, 7) is 0. The Kier molecular flexibility index (Phi) is 7.79. The second-order valence-corrected chi connectivity index (χ2v) is 8.93. The molecule has 0 heterocycles. The summed E-state index contributed by atoms with van der Waals surface area (Å²) in [5, 5.41) is 1.77. The standard InChI is InChI=1S/C18H15N.C12H10OP/c1-4-10-16(11-5-1)19(17-12-6-2-7-13-17)18-14-8-3-9-15-18;13-14(11-7-3-1-4-8-11)12-9-5-2-6-10-12/h1-15H;1-10H/q;+1. The van der Waals surface area contributed by atoms with Crippen molar-refractivity contribution in [2.75, 3.05) is 4.90 Å². The predicted octanol–water partition coefficient (Wildman–Crippen LogP) is 7.62. The summed E-state index contributed by atoms with van der Waals surface area (Å²) in [4.78, 5) is 2.25. The summed E-state index contributed by atoms with van der Waals surface area (Å²) < 4.78 is 12.0. The van der Waals surface area contributed by atoms with Crippen molar-refractivity contribution in [3.63, 3.8) is 0 Å². The van der Waals surface area contributed by atoms with E-state index in [0.29, 0.717) is 0 Å². The molecule has 0 aliphatic rings. The highest BCUT2D eigenvalue weighted by atomic mass is 31.1. The first-order chi connectivity index (χ1) is 16.3. The van der Waals surface area contributed by atoms with Gasteiger partial charge in [-0.3, -0.25) is 0 Å². The van der Waals surface area contributed by atoms with Crippen LogP contribution in [0.25, 0.3) is 0 Å². The third kappa shape index (κ3) is 6.04. The van der Waals surface area contributed by atoms with Crippen molar-refractivity contribution in [3.8, 4) is 0 Å². The first-order valence-electron chi connectivity index (χ1n) is 10.9. The van der Waals surface area contributed by atoms with E-state index in [4.69, 9.17) is 0 Å². The van der Waals surface area contributed by atoms with Crippen LogP contribution < -0.4 is 15.5 Å². The van der Waals surface area contributed by atoms with Crippen LogP contribution in [0.4, 0.5) is 17.1 Å². The second kappa shape index (κ2) is 11.6. The van der Waals surface area contributed by atoms with Gasteiger partial charge in [0.2, 0.25) is 0 Å². The van der Waals surface area contributed by atoms with Crippen LogP contribution in [0.1, 0.15) is 0 Å². The van der Waals surface area contributed by atoms with Gasteiger partial charge in [-0.2, -0.15) is 0 Å². The lowest BCUT2D eigenvalue weighted by molar-refractivity contribution is 0.598. The minimum Gasteiger partial charge on any atom is -0.311 e. The smallest absolute Gasteiger partial charge is 0.311 e. The molecule has 33 heavy (non-hydrogen) atoms. The zero-order valence-corrected chi connectivity index (χ0v) is 19.1. The van der Waals surface area contributed by atoms with Crippen LogP contribution in [-0.4, -0.2) is 0 Å². The summed E-state index contributed by atoms with van der Waals surface area (Å²) in [6.07, 6.45) is 0. The minimum atomic E-state index is -1.42. The summed E-state index contributed by atoms with van der Waals surface area (Å²) in [5.41, 5.74) is 3.50. The van der Waals surface area contributed by atoms with Gasteiger partial charge in [-0.15, -0.1) is 0 Å². The van der Waals surface area contributed by atoms with Crippen LogP contribution >= 0.6 is 7.80 Å². The SMILES string of the molecule is O=[P+](c1ccccc1)c1ccccc1.c1ccc(N(c2ccccc2)c2ccccc2)cc1. The maximum atomic E-state index is 12.0. The van der Waals surface area contributed by atoms with Crippen molar-refractivity contribution in [1.82, 2.24) is 0 Å². The molecule has 0 aliphatic carbocycles. The number of benzene rings is 5. The van der Waals surface area contributed by atoms with E-state index >= 15 is 0 Å². The summed E-state index contributed by atoms with van der Waals surface area (Å²) in [6, 6.07) is 50.3. The molecule has 0 fully saturated rings. The van der Waals surface area contributed by atoms with E-state index in [0.717, 1.165) is 10.6 Å². The van der Waals surface area contributed by atoms with Crippen molar-refractivity contribution >= 4 is 35.5 Å². The van der Waals surface area contributed by atoms with Crippen molar-refractivity contribution in [3.05, 3.63) is 152 Å². The number of rotatable bonds is 5. The van der Waals surface area contributed by atoms with Gasteiger partial charge in [-0.05, 0) is 60.7 Å². The molecule has 0 unspecified atom stereocenters. The van der Waals surface area contributed by atoms with Gasteiger partial charge in [0.05, 0.1) is 0 Å². The molecule has 2 nitrogen and oxygen atoms in total. The highest BCUT2D eigenvalue weighted by Crippen LogP contribution is 2.33. The molecule has 0 saturated heterocycles. The Bertz CT molecular complexity index is 1110. The topological polar surface area (TPSA) is 20.3 Å². The van der Waals surface area contributed by atoms with E-state index in [2.05, 4.69) is 77.7 Å². The highest BCUT2D eigenvalue weighted by Gasteiger charge is 2.21. The van der Waals surface area contributed by atoms with Crippen LogP contribution in [0.3, 0.4) is 0 Å². The Morgan fingerprint density at radius 1 is 0.364 bits per heavy atom. The van der Waals surface area contributed by atoms with Crippen molar-refractivity contribution in [2.45, 2.75) is 0 Å². The molecule has 0 atom stereocenters. The molecule has 0 bridgehead atoms. The molecule has 5 aromatic rings. The van der Waals surface area contributed by atoms with E-state index in [1.54, 1.807) is 0 Å². The molecular formula is C30H25NOP+. The summed E-state index contributed by atoms with van der Waals surface area (Å²) >= 11 is 0. The molecule has 0 aliphatic heterocycles. The minimum absolute atomic E-state index is 0.883. The van der Waals surface area contributed by atoms with Crippen molar-refractivity contribution in [1.29, 1.82) is 0 Å². The van der Waals surface area contributed by atoms with Crippen LogP contribution in [0, 0.1) is 0 Å². The lowest BCUT2D eigenvalue weighted by Gasteiger charge is -2.25. The fraction of sp³-hybridized carbons (Fsp3) is 0. The Hall–Kier alpha value is -4.00. The largest absolute Gasteiger partial charge is 0.415 e. The van der Waals surface area contributed by atoms with Crippen molar-refractivity contribution < 1.29 is 4.57 Å². The molecule has 0 aromatic heterocycles. The average Bonchev–Trinajstić information content (AvgIpc) is 2.92. The average molecular weight is 447 g/mol. The molecule has 160 valence electrons. The van der Waals surface area contributed by atoms with Crippen LogP contribution in [0.2, 0.25) is 0 Å². The molecule has 5 rings (SSSR count). The number of anilines is 3. The molecule has 0 N–H and O–H groups in total. The third-order valence-corrected chi connectivity index (χ3v) is 6.56. The van der Waals surface area contributed by atoms with Gasteiger partial charge in [-0.1, -0.05) is 95.6 Å². The zero-order chi connectivity index (χ0) is 22.7. The Balaban J connectivity index is 0.000000165. The highest BCUT2D eigenvalue weighted by molar-refractivity contribution is 7.61. The maximum absolute atomic E-state index is 12.0. The van der Waals surface area contributed by atoms with E-state index in [9.17, 15) is 4.57 Å². The number of hydrogen-bond acceptors (Lipinski definition) is 2. The number of hydrogen-bond donors (Lipinski definition) is 0. The van der Waals surface area contributed by atoms with Crippen molar-refractivity contribution in [2.24, 2.45) is 0 Å². The lowest BCUT2D eigenvalue weighted by atomic mass is 10.2. The van der Waals surface area contributed by atoms with Crippen LogP contribution in [0.5, 0.6) is 0 Å². The normalized spacial score (nSPS) is 9.94. The third-order valence-electron chi connectivity index (χ3n) is 5.02. The Labute approximate surface area is 196 Å². The van der Waals surface area contributed by atoms with E-state index in [1.807, 2.05) is 78.9 Å². The van der Waals surface area contributed by atoms with Crippen LogP contribution in [-0.2, 0) is 4.57 Å². The van der Waals surface area contributed by atoms with E-state index in [-0.39, 0.29) is 0 Å². The van der Waals surface area contributed by atoms with Gasteiger partial charge in [0.15, 0.2) is 10.6 Å². The summed E-state index contributed by atoms with van der Waals surface area (Å²) in [7, 11) is -1.42. The number of para-hydroxylation sites is 3. The summed E-state index contributed by atoms with van der Waals surface area (Å²) in [5.74, 6) is 0. The van der Waals surface area contributed by atoms with Gasteiger partial charge >= 0.3 is 7.80 Å². The second-order valence-electron chi connectivity index (χ2n) is 7.31. The van der Waals surface area contributed by atoms with Gasteiger partial charge in [0, 0.05) is 17.1 Å². The van der Waals surface area contributed by atoms with Gasteiger partial charge in [-0.25, -0.2) is 0 Å². The van der Waals surface area contributed by atoms with Gasteiger partial charge in [0.25, 0.3) is 0 Å². The molecule has 3 heteroatoms. The number of nitrogens with zero attached hydrogens (tertiary/aromatic N) is 1. The molecule has 0 amide bonds.